The van der Waals surface area contributed by atoms with Gasteiger partial charge in [0.05, 0.1) is 17.3 Å². The van der Waals surface area contributed by atoms with Crippen LogP contribution in [-0.4, -0.2) is 17.9 Å². The van der Waals surface area contributed by atoms with Gasteiger partial charge in [-0.3, -0.25) is 4.79 Å². The first-order valence-electron chi connectivity index (χ1n) is 11.0. The van der Waals surface area contributed by atoms with E-state index in [1.54, 1.807) is 0 Å². The summed E-state index contributed by atoms with van der Waals surface area (Å²) in [4.78, 5) is 15.3. The van der Waals surface area contributed by atoms with E-state index in [1.165, 1.54) is 16.7 Å². The average molecular weight is 409 g/mol. The summed E-state index contributed by atoms with van der Waals surface area (Å²) in [6.45, 7) is 2.73. The number of aryl methyl sites for hydroxylation is 1. The summed E-state index contributed by atoms with van der Waals surface area (Å²) in [6, 6.07) is 25.2. The Bertz CT molecular complexity index is 1130. The van der Waals surface area contributed by atoms with Crippen molar-refractivity contribution in [3.8, 4) is 0 Å². The number of nitrogens with one attached hydrogen (secondary N) is 1. The highest BCUT2D eigenvalue weighted by atomic mass is 16.2. The van der Waals surface area contributed by atoms with Gasteiger partial charge in [-0.05, 0) is 42.0 Å². The fourth-order valence-corrected chi connectivity index (χ4v) is 5.13. The maximum Gasteiger partial charge on any atom is 0.256 e. The molecular formula is C28H28N2O. The Morgan fingerprint density at radius 2 is 1.84 bits per heavy atom. The molecule has 3 atom stereocenters. The Morgan fingerprint density at radius 3 is 2.65 bits per heavy atom. The van der Waals surface area contributed by atoms with Crippen molar-refractivity contribution in [1.82, 2.24) is 4.90 Å². The second-order valence-electron chi connectivity index (χ2n) is 8.81. The van der Waals surface area contributed by atoms with E-state index in [0.29, 0.717) is 18.4 Å². The van der Waals surface area contributed by atoms with E-state index < -0.39 is 0 Å². The second-order valence-corrected chi connectivity index (χ2v) is 8.81. The monoisotopic (exact) mass is 408 g/mol. The van der Waals surface area contributed by atoms with Crippen molar-refractivity contribution in [3.63, 3.8) is 0 Å². The van der Waals surface area contributed by atoms with Gasteiger partial charge in [-0.15, -0.1) is 0 Å². The number of allylic oxidation sites excluding steroid dienone is 2. The number of nitrogens with zero attached hydrogens (tertiary/aromatic N) is 1. The van der Waals surface area contributed by atoms with Crippen LogP contribution in [0, 0.1) is 12.8 Å². The molecule has 5 rings (SSSR count). The highest BCUT2D eigenvalue weighted by molar-refractivity contribution is 6.00. The van der Waals surface area contributed by atoms with Crippen LogP contribution in [0.4, 0.5) is 5.69 Å². The SMILES string of the molecule is Cc1cccc(C2Nc3c(C(=O)N(C)Cc4ccccc4)cccc3C3C=CCC32)c1. The molecule has 0 saturated heterocycles. The number of para-hydroxylation sites is 1. The Morgan fingerprint density at radius 1 is 1.03 bits per heavy atom. The minimum absolute atomic E-state index is 0.0524. The molecule has 3 nitrogen and oxygen atoms in total. The number of carbonyl (C=O) groups is 1. The van der Waals surface area contributed by atoms with E-state index in [0.717, 1.165) is 23.2 Å². The minimum Gasteiger partial charge on any atom is -0.377 e. The lowest BCUT2D eigenvalue weighted by molar-refractivity contribution is 0.0785. The molecule has 0 aromatic heterocycles. The number of carbonyl (C=O) groups excluding carboxylic acids is 1. The van der Waals surface area contributed by atoms with E-state index in [2.05, 4.69) is 66.9 Å². The predicted molar refractivity (Wildman–Crippen MR) is 126 cm³/mol. The number of benzene rings is 3. The topological polar surface area (TPSA) is 32.3 Å². The third-order valence-corrected chi connectivity index (χ3v) is 6.64. The lowest BCUT2D eigenvalue weighted by atomic mass is 9.76. The van der Waals surface area contributed by atoms with Crippen LogP contribution in [0.15, 0.2) is 84.9 Å². The molecule has 1 heterocycles. The maximum atomic E-state index is 13.5. The third-order valence-electron chi connectivity index (χ3n) is 6.64. The van der Waals surface area contributed by atoms with E-state index in [9.17, 15) is 4.79 Å². The predicted octanol–water partition coefficient (Wildman–Crippen LogP) is 6.09. The summed E-state index contributed by atoms with van der Waals surface area (Å²) >= 11 is 0. The molecule has 3 unspecified atom stereocenters. The molecule has 0 saturated carbocycles. The number of fused-ring (bicyclic) bond motifs is 3. The van der Waals surface area contributed by atoms with Gasteiger partial charge in [0, 0.05) is 19.5 Å². The molecule has 3 aromatic carbocycles. The standard InChI is InChI=1S/C28H28N2O/c1-19-9-6-12-21(17-19)26-23-14-7-13-22(23)24-15-8-16-25(27(24)29-26)28(31)30(2)18-20-10-4-3-5-11-20/h3-13,15-17,22-23,26,29H,14,18H2,1-2H3. The molecule has 1 aliphatic carbocycles. The maximum absolute atomic E-state index is 13.5. The van der Waals surface area contributed by atoms with Crippen LogP contribution in [0.2, 0.25) is 0 Å². The molecule has 3 heteroatoms. The number of hydrogen-bond acceptors (Lipinski definition) is 2. The lowest BCUT2D eigenvalue weighted by Crippen LogP contribution is -2.32. The van der Waals surface area contributed by atoms with Crippen LogP contribution in [0.5, 0.6) is 0 Å². The first-order chi connectivity index (χ1) is 15.1. The van der Waals surface area contributed by atoms with Gasteiger partial charge in [-0.1, -0.05) is 84.4 Å². The zero-order chi connectivity index (χ0) is 21.4. The van der Waals surface area contributed by atoms with Crippen LogP contribution in [0.25, 0.3) is 0 Å². The summed E-state index contributed by atoms with van der Waals surface area (Å²) in [5, 5.41) is 3.79. The molecule has 31 heavy (non-hydrogen) atoms. The summed E-state index contributed by atoms with van der Waals surface area (Å²) in [7, 11) is 1.88. The first-order valence-corrected chi connectivity index (χ1v) is 11.0. The Kier molecular flexibility index (Phi) is 5.11. The Labute approximate surface area is 184 Å². The van der Waals surface area contributed by atoms with Gasteiger partial charge in [-0.2, -0.15) is 0 Å². The third kappa shape index (κ3) is 3.65. The van der Waals surface area contributed by atoms with Crippen molar-refractivity contribution in [3.05, 3.63) is 113 Å². The molecule has 0 bridgehead atoms. The molecule has 0 spiro atoms. The van der Waals surface area contributed by atoms with Crippen LogP contribution in [0.3, 0.4) is 0 Å². The number of hydrogen-bond donors (Lipinski definition) is 1. The molecule has 156 valence electrons. The van der Waals surface area contributed by atoms with Crippen molar-refractivity contribution >= 4 is 11.6 Å². The second kappa shape index (κ2) is 8.07. The quantitative estimate of drug-likeness (QED) is 0.530. The molecule has 2 aliphatic rings. The normalized spacial score (nSPS) is 21.2. The first kappa shape index (κ1) is 19.6. The zero-order valence-corrected chi connectivity index (χ0v) is 18.1. The largest absolute Gasteiger partial charge is 0.377 e. The zero-order valence-electron chi connectivity index (χ0n) is 18.1. The van der Waals surface area contributed by atoms with Gasteiger partial charge in [0.25, 0.3) is 5.91 Å². The van der Waals surface area contributed by atoms with Crippen molar-refractivity contribution < 1.29 is 4.79 Å². The van der Waals surface area contributed by atoms with Gasteiger partial charge in [0.1, 0.15) is 0 Å². The lowest BCUT2D eigenvalue weighted by Gasteiger charge is -2.38. The van der Waals surface area contributed by atoms with Crippen molar-refractivity contribution in [1.29, 1.82) is 0 Å². The van der Waals surface area contributed by atoms with Crippen LogP contribution < -0.4 is 5.32 Å². The van der Waals surface area contributed by atoms with Gasteiger partial charge >= 0.3 is 0 Å². The molecule has 0 radical (unpaired) electrons. The summed E-state index contributed by atoms with van der Waals surface area (Å²) in [5.74, 6) is 0.868. The van der Waals surface area contributed by atoms with Crippen LogP contribution >= 0.6 is 0 Å². The van der Waals surface area contributed by atoms with Crippen molar-refractivity contribution in [2.75, 3.05) is 12.4 Å². The highest BCUT2D eigenvalue weighted by Gasteiger charge is 2.39. The van der Waals surface area contributed by atoms with Gasteiger partial charge in [0.2, 0.25) is 0 Å². The molecule has 3 aromatic rings. The van der Waals surface area contributed by atoms with Crippen LogP contribution in [-0.2, 0) is 6.54 Å². The summed E-state index contributed by atoms with van der Waals surface area (Å²) in [6.07, 6.45) is 5.68. The fraction of sp³-hybridized carbons (Fsp3) is 0.250. The van der Waals surface area contributed by atoms with E-state index in [-0.39, 0.29) is 11.9 Å². The number of anilines is 1. The summed E-state index contributed by atoms with van der Waals surface area (Å²) in [5.41, 5.74) is 6.68. The van der Waals surface area contributed by atoms with Crippen LogP contribution in [0.1, 0.15) is 51.0 Å². The molecule has 0 fully saturated rings. The molecule has 1 amide bonds. The van der Waals surface area contributed by atoms with E-state index in [1.807, 2.05) is 42.3 Å². The fourth-order valence-electron chi connectivity index (χ4n) is 5.13. The van der Waals surface area contributed by atoms with Crippen molar-refractivity contribution in [2.45, 2.75) is 31.8 Å². The minimum atomic E-state index is 0.0524. The van der Waals surface area contributed by atoms with Gasteiger partial charge < -0.3 is 10.2 Å². The molecular weight excluding hydrogens is 380 g/mol. The molecule has 1 aliphatic heterocycles. The smallest absolute Gasteiger partial charge is 0.256 e. The highest BCUT2D eigenvalue weighted by Crippen LogP contribution is 2.50. The number of amides is 1. The van der Waals surface area contributed by atoms with Crippen molar-refractivity contribution in [2.24, 2.45) is 5.92 Å². The number of rotatable bonds is 4. The average Bonchev–Trinajstić information content (AvgIpc) is 3.28. The van der Waals surface area contributed by atoms with Gasteiger partial charge in [0.15, 0.2) is 0 Å². The van der Waals surface area contributed by atoms with E-state index >= 15 is 0 Å². The summed E-state index contributed by atoms with van der Waals surface area (Å²) < 4.78 is 0. The Hall–Kier alpha value is -3.33. The van der Waals surface area contributed by atoms with E-state index in [4.69, 9.17) is 0 Å². The molecule has 1 N–H and O–H groups in total. The Balaban J connectivity index is 1.51. The van der Waals surface area contributed by atoms with Gasteiger partial charge in [-0.25, -0.2) is 0 Å².